The Morgan fingerprint density at radius 3 is 2.56 bits per heavy atom. The largest absolute Gasteiger partial charge is 0.444 e. The molecule has 2 N–H and O–H groups in total. The Kier molecular flexibility index (Phi) is 3.82. The summed E-state index contributed by atoms with van der Waals surface area (Å²) in [6, 6.07) is 0.500. The first-order valence-electron chi connectivity index (χ1n) is 6.81. The molecule has 1 atom stereocenters. The van der Waals surface area contributed by atoms with Crippen molar-refractivity contribution in [2.24, 2.45) is 11.7 Å². The van der Waals surface area contributed by atoms with Crippen molar-refractivity contribution in [2.75, 3.05) is 32.7 Å². The maximum atomic E-state index is 11.9. The van der Waals surface area contributed by atoms with Crippen LogP contribution >= 0.6 is 0 Å². The highest BCUT2D eigenvalue weighted by atomic mass is 16.6. The monoisotopic (exact) mass is 255 g/mol. The summed E-state index contributed by atoms with van der Waals surface area (Å²) in [5.41, 5.74) is 5.22. The van der Waals surface area contributed by atoms with E-state index in [1.165, 1.54) is 0 Å². The van der Waals surface area contributed by atoms with Crippen molar-refractivity contribution in [3.05, 3.63) is 0 Å². The molecule has 0 saturated carbocycles. The van der Waals surface area contributed by atoms with Crippen LogP contribution < -0.4 is 5.73 Å². The maximum Gasteiger partial charge on any atom is 0.410 e. The molecule has 2 fully saturated rings. The summed E-state index contributed by atoms with van der Waals surface area (Å²) in [7, 11) is 0. The number of hydrogen-bond donors (Lipinski definition) is 1. The summed E-state index contributed by atoms with van der Waals surface area (Å²) in [6.45, 7) is 10.3. The normalized spacial score (nSPS) is 26.2. The number of rotatable bonds is 2. The molecular weight excluding hydrogens is 230 g/mol. The summed E-state index contributed by atoms with van der Waals surface area (Å²) >= 11 is 0. The lowest BCUT2D eigenvalue weighted by molar-refractivity contribution is 0.0237. The van der Waals surface area contributed by atoms with Gasteiger partial charge in [-0.2, -0.15) is 0 Å². The van der Waals surface area contributed by atoms with Crippen molar-refractivity contribution in [2.45, 2.75) is 38.8 Å². The van der Waals surface area contributed by atoms with Crippen molar-refractivity contribution in [3.8, 4) is 0 Å². The van der Waals surface area contributed by atoms with Gasteiger partial charge in [-0.1, -0.05) is 0 Å². The first-order valence-corrected chi connectivity index (χ1v) is 6.81. The minimum atomic E-state index is -0.406. The van der Waals surface area contributed by atoms with Crippen LogP contribution in [0.15, 0.2) is 0 Å². The lowest BCUT2D eigenvalue weighted by atomic mass is 9.97. The summed E-state index contributed by atoms with van der Waals surface area (Å²) in [4.78, 5) is 16.2. The highest BCUT2D eigenvalue weighted by Gasteiger charge is 2.37. The zero-order valence-electron chi connectivity index (χ0n) is 11.7. The van der Waals surface area contributed by atoms with Crippen molar-refractivity contribution < 1.29 is 9.53 Å². The van der Waals surface area contributed by atoms with Gasteiger partial charge < -0.3 is 15.4 Å². The van der Waals surface area contributed by atoms with E-state index in [1.807, 2.05) is 25.7 Å². The molecule has 0 bridgehead atoms. The molecule has 1 amide bonds. The number of carbonyl (C=O) groups excluding carboxylic acids is 1. The first kappa shape index (κ1) is 13.6. The van der Waals surface area contributed by atoms with E-state index in [9.17, 15) is 4.79 Å². The fourth-order valence-corrected chi connectivity index (χ4v) is 2.59. The molecule has 0 aromatic rings. The molecule has 2 saturated heterocycles. The van der Waals surface area contributed by atoms with Crippen molar-refractivity contribution in [1.82, 2.24) is 9.80 Å². The first-order chi connectivity index (χ1) is 8.39. The summed E-state index contributed by atoms with van der Waals surface area (Å²) < 4.78 is 5.39. The topological polar surface area (TPSA) is 58.8 Å². The molecule has 2 aliphatic heterocycles. The number of ether oxygens (including phenoxy) is 1. The van der Waals surface area contributed by atoms with Gasteiger partial charge in [0.15, 0.2) is 0 Å². The van der Waals surface area contributed by atoms with Crippen LogP contribution in [0.5, 0.6) is 0 Å². The Hall–Kier alpha value is -0.810. The number of hydrogen-bond acceptors (Lipinski definition) is 4. The molecule has 104 valence electrons. The molecule has 0 aromatic carbocycles. The van der Waals surface area contributed by atoms with Crippen LogP contribution in [-0.4, -0.2) is 60.3 Å². The third-order valence-electron chi connectivity index (χ3n) is 3.65. The van der Waals surface area contributed by atoms with E-state index in [1.54, 1.807) is 0 Å². The molecule has 2 rings (SSSR count). The van der Waals surface area contributed by atoms with E-state index in [0.29, 0.717) is 12.0 Å². The fourth-order valence-electron chi connectivity index (χ4n) is 2.59. The highest BCUT2D eigenvalue weighted by molar-refractivity contribution is 5.68. The van der Waals surface area contributed by atoms with E-state index < -0.39 is 5.60 Å². The second kappa shape index (κ2) is 5.05. The number of nitrogens with two attached hydrogens (primary N) is 1. The second-order valence-corrected chi connectivity index (χ2v) is 6.42. The van der Waals surface area contributed by atoms with Gasteiger partial charge in [0.2, 0.25) is 0 Å². The average Bonchev–Trinajstić information content (AvgIpc) is 2.62. The lowest BCUT2D eigenvalue weighted by Crippen LogP contribution is -2.55. The van der Waals surface area contributed by atoms with Gasteiger partial charge in [0.1, 0.15) is 5.60 Å². The van der Waals surface area contributed by atoms with E-state index in [-0.39, 0.29) is 6.09 Å². The van der Waals surface area contributed by atoms with Crippen molar-refractivity contribution in [1.29, 1.82) is 0 Å². The smallest absolute Gasteiger partial charge is 0.410 e. The Labute approximate surface area is 109 Å². The van der Waals surface area contributed by atoms with E-state index in [2.05, 4.69) is 4.90 Å². The van der Waals surface area contributed by atoms with E-state index in [4.69, 9.17) is 10.5 Å². The molecule has 0 unspecified atom stereocenters. The van der Waals surface area contributed by atoms with Gasteiger partial charge in [-0.3, -0.25) is 4.90 Å². The third-order valence-corrected chi connectivity index (χ3v) is 3.65. The molecule has 2 aliphatic rings. The Bertz CT molecular complexity index is 308. The number of likely N-dealkylation sites (tertiary alicyclic amines) is 2. The molecule has 5 heteroatoms. The van der Waals surface area contributed by atoms with Crippen LogP contribution in [0.1, 0.15) is 27.2 Å². The molecular formula is C13H25N3O2. The Morgan fingerprint density at radius 1 is 1.33 bits per heavy atom. The van der Waals surface area contributed by atoms with Gasteiger partial charge in [0, 0.05) is 32.2 Å². The fraction of sp³-hybridized carbons (Fsp3) is 0.923. The van der Waals surface area contributed by atoms with Gasteiger partial charge in [-0.05, 0) is 39.7 Å². The quantitative estimate of drug-likeness (QED) is 0.796. The number of amides is 1. The Balaban J connectivity index is 1.77. The predicted octanol–water partition coefficient (Wildman–Crippen LogP) is 0.886. The summed E-state index contributed by atoms with van der Waals surface area (Å²) in [6.07, 6.45) is 0.872. The van der Waals surface area contributed by atoms with Crippen LogP contribution in [0.25, 0.3) is 0 Å². The van der Waals surface area contributed by atoms with E-state index in [0.717, 1.165) is 39.1 Å². The lowest BCUT2D eigenvalue weighted by Gasteiger charge is -2.42. The standard InChI is InChI=1S/C13H25N3O2/c1-13(2,3)18-12(17)15-5-4-11(9-15)16-7-10(6-14)8-16/h10-11H,4-9,14H2,1-3H3/t11-/m0/s1. The Morgan fingerprint density at radius 2 is 2.00 bits per heavy atom. The zero-order chi connectivity index (χ0) is 13.3. The van der Waals surface area contributed by atoms with Crippen LogP contribution in [0.2, 0.25) is 0 Å². The summed E-state index contributed by atoms with van der Waals surface area (Å²) in [5, 5.41) is 0. The van der Waals surface area contributed by atoms with Gasteiger partial charge >= 0.3 is 6.09 Å². The minimum Gasteiger partial charge on any atom is -0.444 e. The third kappa shape index (κ3) is 3.14. The molecule has 2 heterocycles. The molecule has 0 radical (unpaired) electrons. The van der Waals surface area contributed by atoms with Gasteiger partial charge in [0.25, 0.3) is 0 Å². The van der Waals surface area contributed by atoms with Gasteiger partial charge in [-0.15, -0.1) is 0 Å². The SMILES string of the molecule is CC(C)(C)OC(=O)N1CC[C@H](N2CC(CN)C2)C1. The predicted molar refractivity (Wildman–Crippen MR) is 70.3 cm³/mol. The van der Waals surface area contributed by atoms with E-state index >= 15 is 0 Å². The number of carbonyl (C=O) groups is 1. The molecule has 0 aromatic heterocycles. The number of nitrogens with zero attached hydrogens (tertiary/aromatic N) is 2. The summed E-state index contributed by atoms with van der Waals surface area (Å²) in [5.74, 6) is 0.653. The van der Waals surface area contributed by atoms with Crippen LogP contribution in [0.4, 0.5) is 4.79 Å². The van der Waals surface area contributed by atoms with Crippen LogP contribution in [0.3, 0.4) is 0 Å². The van der Waals surface area contributed by atoms with Gasteiger partial charge in [-0.25, -0.2) is 4.79 Å². The van der Waals surface area contributed by atoms with Crippen molar-refractivity contribution in [3.63, 3.8) is 0 Å². The molecule has 0 aliphatic carbocycles. The maximum absolute atomic E-state index is 11.9. The minimum absolute atomic E-state index is 0.180. The van der Waals surface area contributed by atoms with Crippen molar-refractivity contribution >= 4 is 6.09 Å². The highest BCUT2D eigenvalue weighted by Crippen LogP contribution is 2.24. The molecule has 5 nitrogen and oxygen atoms in total. The van der Waals surface area contributed by atoms with Crippen LogP contribution in [0, 0.1) is 5.92 Å². The second-order valence-electron chi connectivity index (χ2n) is 6.42. The zero-order valence-corrected chi connectivity index (χ0v) is 11.7. The average molecular weight is 255 g/mol. The van der Waals surface area contributed by atoms with Crippen LogP contribution in [-0.2, 0) is 4.74 Å². The molecule has 0 spiro atoms. The molecule has 18 heavy (non-hydrogen) atoms. The van der Waals surface area contributed by atoms with Gasteiger partial charge in [0.05, 0.1) is 0 Å².